The Morgan fingerprint density at radius 3 is 2.23 bits per heavy atom. The number of unbranched alkanes of at least 4 members (excludes halogenated alkanes) is 1. The van der Waals surface area contributed by atoms with Gasteiger partial charge in [0, 0.05) is 49.7 Å². The Labute approximate surface area is 259 Å². The number of hydrogen-bond donors (Lipinski definition) is 2. The number of ether oxygens (including phenoxy) is 3. The number of rotatable bonds is 11. The summed E-state index contributed by atoms with van der Waals surface area (Å²) in [6, 6.07) is 20.4. The average molecular weight is 631 g/mol. The Hall–Kier alpha value is -3.67. The van der Waals surface area contributed by atoms with E-state index in [1.807, 2.05) is 35.2 Å². The summed E-state index contributed by atoms with van der Waals surface area (Å²) in [4.78, 5) is 17.7. The lowest BCUT2D eigenvalue weighted by Crippen LogP contribution is -2.49. The molecular weight excluding hydrogens is 592 g/mol. The molecule has 2 aliphatic heterocycles. The van der Waals surface area contributed by atoms with Crippen LogP contribution in [0.5, 0.6) is 23.0 Å². The van der Waals surface area contributed by atoms with E-state index in [2.05, 4.69) is 34.0 Å². The van der Waals surface area contributed by atoms with Gasteiger partial charge in [-0.3, -0.25) is 9.62 Å². The normalized spacial score (nSPS) is 14.9. The van der Waals surface area contributed by atoms with E-state index >= 15 is 0 Å². The molecule has 0 unspecified atom stereocenters. The number of nitrogens with zero attached hydrogens (tertiary/aromatic N) is 2. The van der Waals surface area contributed by atoms with E-state index < -0.39 is 10.0 Å². The van der Waals surface area contributed by atoms with Crippen molar-refractivity contribution in [3.8, 4) is 23.0 Å². The SMILES string of the molecule is CCCCN(C(=O)Nc1ccc2c(c1)OCO2)C1CCN(Cc2ccc(Oc3ccc(NS(C)(=O)=O)cc3)cc2)CC1.Cl. The van der Waals surface area contributed by atoms with E-state index in [1.165, 1.54) is 5.56 Å². The summed E-state index contributed by atoms with van der Waals surface area (Å²) in [5.74, 6) is 2.68. The van der Waals surface area contributed by atoms with Gasteiger partial charge in [-0.1, -0.05) is 25.5 Å². The van der Waals surface area contributed by atoms with Crippen molar-refractivity contribution in [3.63, 3.8) is 0 Å². The maximum atomic E-state index is 13.3. The van der Waals surface area contributed by atoms with Gasteiger partial charge in [-0.15, -0.1) is 12.4 Å². The molecule has 232 valence electrons. The van der Waals surface area contributed by atoms with Crippen LogP contribution in [-0.4, -0.2) is 63.0 Å². The highest BCUT2D eigenvalue weighted by Crippen LogP contribution is 2.34. The molecular formula is C31H39ClN4O6S. The Kier molecular flexibility index (Phi) is 11.0. The minimum atomic E-state index is -3.32. The summed E-state index contributed by atoms with van der Waals surface area (Å²) in [6.07, 6.45) is 4.95. The number of benzene rings is 3. The summed E-state index contributed by atoms with van der Waals surface area (Å²) >= 11 is 0. The smallest absolute Gasteiger partial charge is 0.322 e. The number of halogens is 1. The number of anilines is 2. The molecule has 3 aromatic carbocycles. The summed E-state index contributed by atoms with van der Waals surface area (Å²) in [7, 11) is -3.32. The molecule has 2 N–H and O–H groups in total. The molecule has 0 radical (unpaired) electrons. The van der Waals surface area contributed by atoms with E-state index in [1.54, 1.807) is 24.3 Å². The van der Waals surface area contributed by atoms with Crippen LogP contribution in [0.4, 0.5) is 16.2 Å². The molecule has 43 heavy (non-hydrogen) atoms. The van der Waals surface area contributed by atoms with Gasteiger partial charge in [-0.25, -0.2) is 13.2 Å². The number of nitrogens with one attached hydrogen (secondary N) is 2. The quantitative estimate of drug-likeness (QED) is 0.256. The standard InChI is InChI=1S/C31H38N4O6S.ClH/c1-3-4-17-35(31(36)32-25-9-14-29-30(20-25)40-22-39-29)26-15-18-34(19-16-26)21-23-5-10-27(11-6-23)41-28-12-7-24(8-13-28)33-42(2,37)38;/h5-14,20,26,33H,3-4,15-19,21-22H2,1-2H3,(H,32,36);1H. The Balaban J connectivity index is 0.00000423. The highest BCUT2D eigenvalue weighted by Gasteiger charge is 2.28. The number of urea groups is 1. The van der Waals surface area contributed by atoms with Crippen LogP contribution in [0.15, 0.2) is 66.7 Å². The monoisotopic (exact) mass is 630 g/mol. The van der Waals surface area contributed by atoms with Crippen LogP contribution in [0, 0.1) is 0 Å². The molecule has 12 heteroatoms. The van der Waals surface area contributed by atoms with E-state index in [9.17, 15) is 13.2 Å². The average Bonchev–Trinajstić information content (AvgIpc) is 3.43. The second kappa shape index (κ2) is 14.7. The van der Waals surface area contributed by atoms with Gasteiger partial charge in [0.15, 0.2) is 11.5 Å². The van der Waals surface area contributed by atoms with Crippen molar-refractivity contribution in [1.29, 1.82) is 0 Å². The molecule has 10 nitrogen and oxygen atoms in total. The number of carbonyl (C=O) groups is 1. The zero-order valence-corrected chi connectivity index (χ0v) is 26.1. The second-order valence-corrected chi connectivity index (χ2v) is 12.4. The predicted molar refractivity (Wildman–Crippen MR) is 170 cm³/mol. The molecule has 0 bridgehead atoms. The highest BCUT2D eigenvalue weighted by molar-refractivity contribution is 7.92. The number of amides is 2. The minimum absolute atomic E-state index is 0. The van der Waals surface area contributed by atoms with Crippen LogP contribution >= 0.6 is 12.4 Å². The van der Waals surface area contributed by atoms with Gasteiger partial charge in [0.1, 0.15) is 11.5 Å². The molecule has 5 rings (SSSR count). The zero-order chi connectivity index (χ0) is 29.5. The van der Waals surface area contributed by atoms with E-state index in [-0.39, 0.29) is 31.3 Å². The largest absolute Gasteiger partial charge is 0.457 e. The van der Waals surface area contributed by atoms with Crippen LogP contribution in [0.1, 0.15) is 38.2 Å². The Morgan fingerprint density at radius 2 is 1.58 bits per heavy atom. The highest BCUT2D eigenvalue weighted by atomic mass is 35.5. The Bertz CT molecular complexity index is 1460. The fourth-order valence-corrected chi connectivity index (χ4v) is 5.76. The lowest BCUT2D eigenvalue weighted by molar-refractivity contribution is 0.122. The topological polar surface area (TPSA) is 109 Å². The molecule has 2 heterocycles. The number of likely N-dealkylation sites (tertiary alicyclic amines) is 1. The van der Waals surface area contributed by atoms with Gasteiger partial charge in [-0.05, 0) is 73.4 Å². The van der Waals surface area contributed by atoms with E-state index in [0.717, 1.165) is 58.1 Å². The number of fused-ring (bicyclic) bond motifs is 1. The molecule has 3 aromatic rings. The maximum absolute atomic E-state index is 13.3. The third kappa shape index (κ3) is 9.16. The van der Waals surface area contributed by atoms with Crippen LogP contribution in [0.3, 0.4) is 0 Å². The number of hydrogen-bond acceptors (Lipinski definition) is 7. The summed E-state index contributed by atoms with van der Waals surface area (Å²) in [5, 5.41) is 3.06. The second-order valence-electron chi connectivity index (χ2n) is 10.7. The fourth-order valence-electron chi connectivity index (χ4n) is 5.20. The van der Waals surface area contributed by atoms with Crippen molar-refractivity contribution >= 4 is 39.8 Å². The van der Waals surface area contributed by atoms with Gasteiger partial charge < -0.3 is 24.4 Å². The lowest BCUT2D eigenvalue weighted by Gasteiger charge is -2.38. The number of piperidine rings is 1. The summed E-state index contributed by atoms with van der Waals surface area (Å²) < 4.78 is 42.0. The van der Waals surface area contributed by atoms with Gasteiger partial charge in [-0.2, -0.15) is 0 Å². The summed E-state index contributed by atoms with van der Waals surface area (Å²) in [5.41, 5.74) is 2.39. The van der Waals surface area contributed by atoms with Gasteiger partial charge >= 0.3 is 6.03 Å². The first-order chi connectivity index (χ1) is 20.3. The predicted octanol–water partition coefficient (Wildman–Crippen LogP) is 6.30. The zero-order valence-electron chi connectivity index (χ0n) is 24.5. The van der Waals surface area contributed by atoms with Crippen molar-refractivity contribution in [2.24, 2.45) is 0 Å². The van der Waals surface area contributed by atoms with Gasteiger partial charge in [0.2, 0.25) is 16.8 Å². The van der Waals surface area contributed by atoms with E-state index in [4.69, 9.17) is 14.2 Å². The van der Waals surface area contributed by atoms with Crippen molar-refractivity contribution in [2.45, 2.75) is 45.2 Å². The third-order valence-electron chi connectivity index (χ3n) is 7.36. The van der Waals surface area contributed by atoms with Crippen LogP contribution in [0.2, 0.25) is 0 Å². The molecule has 0 aliphatic carbocycles. The molecule has 2 amide bonds. The summed E-state index contributed by atoms with van der Waals surface area (Å²) in [6.45, 7) is 5.73. The number of carbonyl (C=O) groups excluding carboxylic acids is 1. The molecule has 0 aromatic heterocycles. The lowest BCUT2D eigenvalue weighted by atomic mass is 10.0. The van der Waals surface area contributed by atoms with Crippen LogP contribution in [-0.2, 0) is 16.6 Å². The maximum Gasteiger partial charge on any atom is 0.322 e. The van der Waals surface area contributed by atoms with E-state index in [0.29, 0.717) is 34.4 Å². The van der Waals surface area contributed by atoms with Gasteiger partial charge in [0.25, 0.3) is 0 Å². The molecule has 1 fully saturated rings. The third-order valence-corrected chi connectivity index (χ3v) is 7.96. The minimum Gasteiger partial charge on any atom is -0.457 e. The van der Waals surface area contributed by atoms with Crippen molar-refractivity contribution in [1.82, 2.24) is 9.80 Å². The Morgan fingerprint density at radius 1 is 0.953 bits per heavy atom. The number of sulfonamides is 1. The van der Waals surface area contributed by atoms with Crippen molar-refractivity contribution < 1.29 is 27.4 Å². The molecule has 0 saturated carbocycles. The van der Waals surface area contributed by atoms with Crippen molar-refractivity contribution in [3.05, 3.63) is 72.3 Å². The van der Waals surface area contributed by atoms with Crippen LogP contribution < -0.4 is 24.2 Å². The van der Waals surface area contributed by atoms with Crippen molar-refractivity contribution in [2.75, 3.05) is 42.7 Å². The molecule has 1 saturated heterocycles. The first kappa shape index (κ1) is 32.2. The fraction of sp³-hybridized carbons (Fsp3) is 0.387. The van der Waals surface area contributed by atoms with Gasteiger partial charge in [0.05, 0.1) is 6.26 Å². The first-order valence-corrected chi connectivity index (χ1v) is 16.2. The molecule has 0 atom stereocenters. The van der Waals surface area contributed by atoms with Crippen LogP contribution in [0.25, 0.3) is 0 Å². The first-order valence-electron chi connectivity index (χ1n) is 14.3. The molecule has 2 aliphatic rings. The molecule has 0 spiro atoms.